The van der Waals surface area contributed by atoms with Crippen molar-refractivity contribution in [2.24, 2.45) is 5.73 Å². The Morgan fingerprint density at radius 1 is 0.577 bits per heavy atom. The average Bonchev–Trinajstić information content (AvgIpc) is 3.12. The zero-order chi connectivity index (χ0) is 38.5. The molecule has 11 nitrogen and oxygen atoms in total. The Morgan fingerprint density at radius 2 is 0.962 bits per heavy atom. The summed E-state index contributed by atoms with van der Waals surface area (Å²) in [6.07, 6.45) is 34.2. The second-order valence-electron chi connectivity index (χ2n) is 14.1. The summed E-state index contributed by atoms with van der Waals surface area (Å²) in [6.45, 7) is 2.78. The third kappa shape index (κ3) is 35.3. The fourth-order valence-corrected chi connectivity index (χ4v) is 6.48. The molecule has 0 spiro atoms. The van der Waals surface area contributed by atoms with E-state index in [-0.39, 0.29) is 19.4 Å². The number of carboxylic acids is 1. The molecule has 0 bridgehead atoms. The number of esters is 2. The van der Waals surface area contributed by atoms with Gasteiger partial charge in [-0.1, -0.05) is 154 Å². The summed E-state index contributed by atoms with van der Waals surface area (Å²) < 4.78 is 32.6. The molecule has 12 heteroatoms. The molecule has 0 aromatic carbocycles. The number of carbonyl (C=O) groups excluding carboxylic acids is 2. The quantitative estimate of drug-likeness (QED) is 0.0235. The van der Waals surface area contributed by atoms with Crippen LogP contribution >= 0.6 is 7.82 Å². The topological polar surface area (TPSA) is 172 Å². The molecule has 4 N–H and O–H groups in total. The van der Waals surface area contributed by atoms with Crippen LogP contribution in [0, 0.1) is 0 Å². The first-order valence-corrected chi connectivity index (χ1v) is 22.2. The fourth-order valence-electron chi connectivity index (χ4n) is 5.71. The van der Waals surface area contributed by atoms with Gasteiger partial charge in [-0.2, -0.15) is 0 Å². The van der Waals surface area contributed by atoms with Crippen molar-refractivity contribution in [2.45, 2.75) is 206 Å². The third-order valence-electron chi connectivity index (χ3n) is 9.01. The Bertz CT molecular complexity index is 947. The Labute approximate surface area is 316 Å². The maximum atomic E-state index is 12.6. The van der Waals surface area contributed by atoms with E-state index in [1.54, 1.807) is 0 Å². The molecule has 0 aliphatic carbocycles. The molecule has 0 aromatic heterocycles. The van der Waals surface area contributed by atoms with Crippen LogP contribution in [0.4, 0.5) is 0 Å². The van der Waals surface area contributed by atoms with Crippen LogP contribution in [-0.4, -0.2) is 59.9 Å². The summed E-state index contributed by atoms with van der Waals surface area (Å²) in [6, 6.07) is -1.52. The average molecular weight is 762 g/mol. The van der Waals surface area contributed by atoms with Crippen molar-refractivity contribution in [1.29, 1.82) is 0 Å². The molecular formula is C40H76NO10P. The second-order valence-corrected chi connectivity index (χ2v) is 15.6. The van der Waals surface area contributed by atoms with Crippen molar-refractivity contribution in [3.63, 3.8) is 0 Å². The number of hydrogen-bond acceptors (Lipinski definition) is 9. The van der Waals surface area contributed by atoms with Crippen LogP contribution in [0.2, 0.25) is 0 Å². The molecule has 0 amide bonds. The molecule has 0 saturated heterocycles. The highest BCUT2D eigenvalue weighted by Gasteiger charge is 2.28. The van der Waals surface area contributed by atoms with Crippen LogP contribution in [0.3, 0.4) is 0 Å². The lowest BCUT2D eigenvalue weighted by Crippen LogP contribution is -2.34. The third-order valence-corrected chi connectivity index (χ3v) is 9.96. The largest absolute Gasteiger partial charge is 0.480 e. The van der Waals surface area contributed by atoms with E-state index in [2.05, 4.69) is 30.5 Å². The molecule has 0 aliphatic rings. The van der Waals surface area contributed by atoms with Crippen molar-refractivity contribution in [2.75, 3.05) is 19.8 Å². The Hall–Kier alpha value is -1.78. The predicted molar refractivity (Wildman–Crippen MR) is 208 cm³/mol. The lowest BCUT2D eigenvalue weighted by atomic mass is 10.0. The van der Waals surface area contributed by atoms with Crippen molar-refractivity contribution < 1.29 is 47.5 Å². The van der Waals surface area contributed by atoms with Gasteiger partial charge in [0.25, 0.3) is 0 Å². The number of allylic oxidation sites excluding steroid dienone is 2. The van der Waals surface area contributed by atoms with Gasteiger partial charge in [-0.25, -0.2) is 4.57 Å². The number of nitrogens with two attached hydrogens (primary N) is 1. The van der Waals surface area contributed by atoms with Crippen LogP contribution in [0.25, 0.3) is 0 Å². The number of aliphatic carboxylic acids is 1. The number of carboxylic acid groups (broad SMARTS) is 1. The molecule has 0 heterocycles. The van der Waals surface area contributed by atoms with E-state index in [9.17, 15) is 23.8 Å². The van der Waals surface area contributed by atoms with E-state index in [4.69, 9.17) is 24.8 Å². The fraction of sp³-hybridized carbons (Fsp3) is 0.875. The molecule has 0 aromatic rings. The summed E-state index contributed by atoms with van der Waals surface area (Å²) in [5.41, 5.74) is 5.32. The van der Waals surface area contributed by atoms with E-state index in [0.29, 0.717) is 12.8 Å². The Balaban J connectivity index is 4.35. The minimum Gasteiger partial charge on any atom is -0.480 e. The van der Waals surface area contributed by atoms with E-state index in [0.717, 1.165) is 57.8 Å². The van der Waals surface area contributed by atoms with Gasteiger partial charge in [-0.05, 0) is 38.5 Å². The van der Waals surface area contributed by atoms with Crippen LogP contribution < -0.4 is 5.73 Å². The number of ether oxygens (including phenoxy) is 2. The van der Waals surface area contributed by atoms with Gasteiger partial charge in [0, 0.05) is 12.8 Å². The maximum absolute atomic E-state index is 12.6. The van der Waals surface area contributed by atoms with Crippen molar-refractivity contribution in [3.05, 3.63) is 12.2 Å². The minimum atomic E-state index is -4.71. The number of hydrogen-bond donors (Lipinski definition) is 3. The molecule has 3 unspecified atom stereocenters. The summed E-state index contributed by atoms with van der Waals surface area (Å²) in [5.74, 6) is -2.38. The zero-order valence-electron chi connectivity index (χ0n) is 32.9. The Morgan fingerprint density at radius 3 is 1.44 bits per heavy atom. The molecule has 306 valence electrons. The standard InChI is InChI=1S/C40H76NO10P/c1-3-5-7-9-11-13-15-17-18-19-20-22-23-25-27-29-31-38(42)48-33-36(34-49-52(46,47)50-35-37(41)40(44)45)51-39(43)32-30-28-26-24-21-16-14-12-10-8-6-4-2/h12,14,36-37H,3-11,13,15-35,41H2,1-2H3,(H,44,45)(H,46,47)/b14-12-. The number of carbonyl (C=O) groups is 3. The summed E-state index contributed by atoms with van der Waals surface area (Å²) in [5, 5.41) is 8.87. The maximum Gasteiger partial charge on any atom is 0.472 e. The van der Waals surface area contributed by atoms with Crippen LogP contribution in [0.15, 0.2) is 12.2 Å². The molecule has 52 heavy (non-hydrogen) atoms. The molecule has 0 aliphatic heterocycles. The highest BCUT2D eigenvalue weighted by Crippen LogP contribution is 2.43. The van der Waals surface area contributed by atoms with Gasteiger partial charge in [0.2, 0.25) is 0 Å². The van der Waals surface area contributed by atoms with Crippen molar-refractivity contribution >= 4 is 25.7 Å². The van der Waals surface area contributed by atoms with Gasteiger partial charge in [0.15, 0.2) is 6.10 Å². The first kappa shape index (κ1) is 50.2. The van der Waals surface area contributed by atoms with Gasteiger partial charge in [0.1, 0.15) is 12.6 Å². The zero-order valence-corrected chi connectivity index (χ0v) is 33.8. The van der Waals surface area contributed by atoms with Gasteiger partial charge in [0.05, 0.1) is 13.2 Å². The van der Waals surface area contributed by atoms with E-state index < -0.39 is 51.1 Å². The number of rotatable bonds is 39. The summed E-state index contributed by atoms with van der Waals surface area (Å²) in [7, 11) is -4.71. The van der Waals surface area contributed by atoms with Crippen LogP contribution in [0.5, 0.6) is 0 Å². The van der Waals surface area contributed by atoms with Gasteiger partial charge < -0.3 is 25.2 Å². The van der Waals surface area contributed by atoms with Gasteiger partial charge in [-0.3, -0.25) is 23.4 Å². The van der Waals surface area contributed by atoms with Crippen molar-refractivity contribution in [1.82, 2.24) is 0 Å². The van der Waals surface area contributed by atoms with Crippen molar-refractivity contribution in [3.8, 4) is 0 Å². The molecule has 3 atom stereocenters. The normalized spacial score (nSPS) is 13.9. The first-order chi connectivity index (χ1) is 25.1. The van der Waals surface area contributed by atoms with Gasteiger partial charge >= 0.3 is 25.7 Å². The van der Waals surface area contributed by atoms with E-state index >= 15 is 0 Å². The molecule has 0 fully saturated rings. The second kappa shape index (κ2) is 36.2. The molecule has 0 saturated carbocycles. The number of phosphoric acid groups is 1. The summed E-state index contributed by atoms with van der Waals surface area (Å²) >= 11 is 0. The van der Waals surface area contributed by atoms with Crippen LogP contribution in [-0.2, 0) is 37.5 Å². The monoisotopic (exact) mass is 762 g/mol. The number of unbranched alkanes of at least 4 members (excludes halogenated alkanes) is 23. The lowest BCUT2D eigenvalue weighted by Gasteiger charge is -2.20. The van der Waals surface area contributed by atoms with E-state index in [1.165, 1.54) is 96.3 Å². The lowest BCUT2D eigenvalue weighted by molar-refractivity contribution is -0.161. The highest BCUT2D eigenvalue weighted by atomic mass is 31.2. The van der Waals surface area contributed by atoms with E-state index in [1.807, 2.05) is 0 Å². The minimum absolute atomic E-state index is 0.154. The highest BCUT2D eigenvalue weighted by molar-refractivity contribution is 7.47. The Kier molecular flexibility index (Phi) is 35.0. The SMILES string of the molecule is CCCCC/C=C\CCCCCCCC(=O)OC(COC(=O)CCCCCCCCCCCCCCCCCC)COP(=O)(O)OCC(N)C(=O)O. The molecule has 0 rings (SSSR count). The summed E-state index contributed by atoms with van der Waals surface area (Å²) in [4.78, 5) is 45.8. The predicted octanol–water partition coefficient (Wildman–Crippen LogP) is 10.5. The molecule has 0 radical (unpaired) electrons. The van der Waals surface area contributed by atoms with Crippen LogP contribution in [0.1, 0.15) is 194 Å². The smallest absolute Gasteiger partial charge is 0.472 e. The number of phosphoric ester groups is 1. The first-order valence-electron chi connectivity index (χ1n) is 20.7. The van der Waals surface area contributed by atoms with Gasteiger partial charge in [-0.15, -0.1) is 0 Å². The molecular weight excluding hydrogens is 685 g/mol.